The van der Waals surface area contributed by atoms with Gasteiger partial charge in [0.2, 0.25) is 0 Å². The number of esters is 1. The van der Waals surface area contributed by atoms with Crippen molar-refractivity contribution in [1.82, 2.24) is 0 Å². The first-order chi connectivity index (χ1) is 8.89. The monoisotopic (exact) mass is 266 g/mol. The molecule has 3 aliphatic rings. The van der Waals surface area contributed by atoms with Gasteiger partial charge in [-0.15, -0.1) is 0 Å². The van der Waals surface area contributed by atoms with Gasteiger partial charge < -0.3 is 9.84 Å². The van der Waals surface area contributed by atoms with E-state index in [1.54, 1.807) is 0 Å². The molecule has 1 aliphatic heterocycles. The van der Waals surface area contributed by atoms with Crippen molar-refractivity contribution < 1.29 is 14.6 Å². The van der Waals surface area contributed by atoms with Crippen molar-refractivity contribution >= 4 is 5.97 Å². The predicted octanol–water partition coefficient (Wildman–Crippen LogP) is 2.76. The second-order valence-corrected chi connectivity index (χ2v) is 7.72. The number of rotatable bonds is 0. The zero-order chi connectivity index (χ0) is 13.8. The van der Waals surface area contributed by atoms with Crippen LogP contribution in [0.15, 0.2) is 0 Å². The summed E-state index contributed by atoms with van der Waals surface area (Å²) in [5.74, 6) is 0.803. The third-order valence-corrected chi connectivity index (χ3v) is 5.95. The van der Waals surface area contributed by atoms with Gasteiger partial charge in [-0.1, -0.05) is 13.8 Å². The van der Waals surface area contributed by atoms with E-state index in [-0.39, 0.29) is 30.0 Å². The first kappa shape index (κ1) is 13.4. The molecule has 3 fully saturated rings. The van der Waals surface area contributed by atoms with Crippen LogP contribution in [0.3, 0.4) is 0 Å². The number of carbonyl (C=O) groups excluding carboxylic acids is 1. The molecule has 1 heterocycles. The molecule has 0 radical (unpaired) electrons. The smallest absolute Gasteiger partial charge is 0.309 e. The Balaban J connectivity index is 1.83. The fourth-order valence-electron chi connectivity index (χ4n) is 4.66. The minimum atomic E-state index is -0.348. The second-order valence-electron chi connectivity index (χ2n) is 7.72. The first-order valence-corrected chi connectivity index (χ1v) is 7.77. The van der Waals surface area contributed by atoms with E-state index < -0.39 is 0 Å². The van der Waals surface area contributed by atoms with Crippen LogP contribution >= 0.6 is 0 Å². The molecule has 6 unspecified atom stereocenters. The summed E-state index contributed by atoms with van der Waals surface area (Å²) in [7, 11) is 0. The number of cyclic esters (lactones) is 1. The molecule has 1 saturated heterocycles. The van der Waals surface area contributed by atoms with Crippen molar-refractivity contribution in [2.24, 2.45) is 29.1 Å². The average molecular weight is 266 g/mol. The van der Waals surface area contributed by atoms with E-state index in [4.69, 9.17) is 4.74 Å². The Hall–Kier alpha value is -0.570. The van der Waals surface area contributed by atoms with Crippen molar-refractivity contribution in [2.45, 2.75) is 65.1 Å². The number of aliphatic hydroxyl groups is 1. The Labute approximate surface area is 115 Å². The molecule has 1 N–H and O–H groups in total. The lowest BCUT2D eigenvalue weighted by molar-refractivity contribution is -0.144. The number of hydrogen-bond donors (Lipinski definition) is 1. The molecule has 0 aromatic carbocycles. The Kier molecular flexibility index (Phi) is 3.16. The summed E-state index contributed by atoms with van der Waals surface area (Å²) in [6.45, 7) is 6.59. The maximum Gasteiger partial charge on any atom is 0.309 e. The number of carbonyl (C=O) groups is 1. The van der Waals surface area contributed by atoms with Crippen molar-refractivity contribution in [3.8, 4) is 0 Å². The summed E-state index contributed by atoms with van der Waals surface area (Å²) >= 11 is 0. The largest absolute Gasteiger partial charge is 0.462 e. The number of ether oxygens (including phenoxy) is 1. The molecule has 3 heteroatoms. The lowest BCUT2D eigenvalue weighted by Gasteiger charge is -2.41. The molecule has 6 atom stereocenters. The third-order valence-electron chi connectivity index (χ3n) is 5.95. The summed E-state index contributed by atoms with van der Waals surface area (Å²) in [5.41, 5.74) is 0.387. The van der Waals surface area contributed by atoms with Crippen LogP contribution in [0.2, 0.25) is 0 Å². The normalized spacial score (nSPS) is 48.9. The standard InChI is InChI=1S/C16H26O3/c1-9-13-12(15(18)19-9)8-10-4-6-16(2,3)7-5-11(10)14(13)17/h9-14,17H,4-8H2,1-3H3. The Morgan fingerprint density at radius 3 is 2.68 bits per heavy atom. The van der Waals surface area contributed by atoms with Gasteiger partial charge in [0.15, 0.2) is 0 Å². The van der Waals surface area contributed by atoms with Gasteiger partial charge in [-0.25, -0.2) is 0 Å². The lowest BCUT2D eigenvalue weighted by atomic mass is 9.64. The summed E-state index contributed by atoms with van der Waals surface area (Å²) in [4.78, 5) is 11.9. The van der Waals surface area contributed by atoms with Crippen molar-refractivity contribution in [3.05, 3.63) is 0 Å². The molecular weight excluding hydrogens is 240 g/mol. The number of hydrogen-bond acceptors (Lipinski definition) is 3. The molecule has 3 rings (SSSR count). The van der Waals surface area contributed by atoms with E-state index in [0.717, 1.165) is 19.3 Å². The van der Waals surface area contributed by atoms with Gasteiger partial charge >= 0.3 is 5.97 Å². The van der Waals surface area contributed by atoms with Gasteiger partial charge in [-0.05, 0) is 56.3 Å². The highest BCUT2D eigenvalue weighted by Crippen LogP contribution is 2.51. The van der Waals surface area contributed by atoms with Crippen LogP contribution in [0.1, 0.15) is 52.9 Å². The van der Waals surface area contributed by atoms with E-state index in [1.165, 1.54) is 12.8 Å². The molecular formula is C16H26O3. The second kappa shape index (κ2) is 4.47. The van der Waals surface area contributed by atoms with E-state index >= 15 is 0 Å². The van der Waals surface area contributed by atoms with Crippen molar-refractivity contribution in [1.29, 1.82) is 0 Å². The molecule has 0 amide bonds. The maximum atomic E-state index is 11.9. The minimum absolute atomic E-state index is 0.0370. The van der Waals surface area contributed by atoms with Gasteiger partial charge in [-0.3, -0.25) is 4.79 Å². The number of fused-ring (bicyclic) bond motifs is 2. The van der Waals surface area contributed by atoms with Crippen molar-refractivity contribution in [3.63, 3.8) is 0 Å². The Morgan fingerprint density at radius 2 is 1.95 bits per heavy atom. The van der Waals surface area contributed by atoms with E-state index in [0.29, 0.717) is 17.3 Å². The van der Waals surface area contributed by atoms with Crippen molar-refractivity contribution in [2.75, 3.05) is 0 Å². The van der Waals surface area contributed by atoms with Crippen LogP contribution in [0.5, 0.6) is 0 Å². The Bertz CT molecular complexity index is 376. The van der Waals surface area contributed by atoms with Crippen LogP contribution in [-0.4, -0.2) is 23.3 Å². The molecule has 0 bridgehead atoms. The van der Waals surface area contributed by atoms with Gasteiger partial charge in [0, 0.05) is 5.92 Å². The highest BCUT2D eigenvalue weighted by atomic mass is 16.6. The minimum Gasteiger partial charge on any atom is -0.462 e. The molecule has 2 saturated carbocycles. The fraction of sp³-hybridized carbons (Fsp3) is 0.938. The fourth-order valence-corrected chi connectivity index (χ4v) is 4.66. The van der Waals surface area contributed by atoms with Crippen LogP contribution in [0, 0.1) is 29.1 Å². The molecule has 0 spiro atoms. The summed E-state index contributed by atoms with van der Waals surface area (Å²) in [6.07, 6.45) is 5.13. The highest BCUT2D eigenvalue weighted by molar-refractivity contribution is 5.75. The van der Waals surface area contributed by atoms with Crippen LogP contribution < -0.4 is 0 Å². The van der Waals surface area contributed by atoms with E-state index in [1.807, 2.05) is 6.92 Å². The predicted molar refractivity (Wildman–Crippen MR) is 72.4 cm³/mol. The molecule has 3 nitrogen and oxygen atoms in total. The first-order valence-electron chi connectivity index (χ1n) is 7.77. The van der Waals surface area contributed by atoms with Crippen LogP contribution in [0.4, 0.5) is 0 Å². The Morgan fingerprint density at radius 1 is 1.26 bits per heavy atom. The average Bonchev–Trinajstić information content (AvgIpc) is 2.51. The highest BCUT2D eigenvalue weighted by Gasteiger charge is 2.54. The molecule has 19 heavy (non-hydrogen) atoms. The summed E-state index contributed by atoms with van der Waals surface area (Å²) < 4.78 is 5.36. The SMILES string of the molecule is CC1OC(=O)C2CC3CCC(C)(C)CCC3C(O)C12. The molecule has 0 aromatic rings. The van der Waals surface area contributed by atoms with Crippen LogP contribution in [-0.2, 0) is 9.53 Å². The third kappa shape index (κ3) is 2.20. The summed E-state index contributed by atoms with van der Waals surface area (Å²) in [5, 5.41) is 10.7. The zero-order valence-electron chi connectivity index (χ0n) is 12.3. The summed E-state index contributed by atoms with van der Waals surface area (Å²) in [6, 6.07) is 0. The van der Waals surface area contributed by atoms with Crippen LogP contribution in [0.25, 0.3) is 0 Å². The quantitative estimate of drug-likeness (QED) is 0.686. The van der Waals surface area contributed by atoms with E-state index in [2.05, 4.69) is 13.8 Å². The van der Waals surface area contributed by atoms with Gasteiger partial charge in [0.1, 0.15) is 6.10 Å². The van der Waals surface area contributed by atoms with Gasteiger partial charge in [-0.2, -0.15) is 0 Å². The number of aliphatic hydroxyl groups excluding tert-OH is 1. The van der Waals surface area contributed by atoms with Gasteiger partial charge in [0.05, 0.1) is 12.0 Å². The maximum absolute atomic E-state index is 11.9. The van der Waals surface area contributed by atoms with Gasteiger partial charge in [0.25, 0.3) is 0 Å². The molecule has 0 aromatic heterocycles. The topological polar surface area (TPSA) is 46.5 Å². The van der Waals surface area contributed by atoms with E-state index in [9.17, 15) is 9.90 Å². The zero-order valence-corrected chi connectivity index (χ0v) is 12.3. The lowest BCUT2D eigenvalue weighted by Crippen LogP contribution is -2.45. The molecule has 2 aliphatic carbocycles. The molecule has 108 valence electrons.